The van der Waals surface area contributed by atoms with Crippen molar-refractivity contribution >= 4 is 17.2 Å². The minimum Gasteiger partial charge on any atom is -0.355 e. The van der Waals surface area contributed by atoms with E-state index in [-0.39, 0.29) is 5.92 Å². The molecule has 7 heteroatoms. The van der Waals surface area contributed by atoms with E-state index in [1.54, 1.807) is 0 Å². The molecule has 0 aliphatic carbocycles. The summed E-state index contributed by atoms with van der Waals surface area (Å²) >= 11 is 0. The van der Waals surface area contributed by atoms with Crippen LogP contribution in [0.15, 0.2) is 79.1 Å². The second-order valence-electron chi connectivity index (χ2n) is 9.82. The first-order valence-corrected chi connectivity index (χ1v) is 12.9. The molecule has 0 radical (unpaired) electrons. The Labute approximate surface area is 212 Å². The van der Waals surface area contributed by atoms with E-state index in [9.17, 15) is 4.79 Å². The summed E-state index contributed by atoms with van der Waals surface area (Å²) in [6, 6.07) is 22.9. The molecule has 6 rings (SSSR count). The van der Waals surface area contributed by atoms with Crippen LogP contribution in [0.4, 0.5) is 5.82 Å². The van der Waals surface area contributed by atoms with Crippen molar-refractivity contribution in [3.63, 3.8) is 0 Å². The fourth-order valence-corrected chi connectivity index (χ4v) is 5.47. The van der Waals surface area contributed by atoms with Crippen LogP contribution < -0.4 is 4.90 Å². The summed E-state index contributed by atoms with van der Waals surface area (Å²) in [4.78, 5) is 24.8. The largest absolute Gasteiger partial charge is 0.355 e. The van der Waals surface area contributed by atoms with Gasteiger partial charge >= 0.3 is 0 Å². The molecule has 36 heavy (non-hydrogen) atoms. The van der Waals surface area contributed by atoms with E-state index in [4.69, 9.17) is 10.1 Å². The highest BCUT2D eigenvalue weighted by molar-refractivity contribution is 5.80. The van der Waals surface area contributed by atoms with Gasteiger partial charge in [0.05, 0.1) is 5.69 Å². The van der Waals surface area contributed by atoms with Crippen molar-refractivity contribution in [2.24, 2.45) is 5.92 Å². The topological polar surface area (TPSA) is 57.0 Å². The molecule has 0 unspecified atom stereocenters. The molecule has 0 saturated carbocycles. The van der Waals surface area contributed by atoms with Crippen LogP contribution in [0.3, 0.4) is 0 Å². The third-order valence-corrected chi connectivity index (χ3v) is 7.52. The average Bonchev–Trinajstić information content (AvgIpc) is 3.39. The molecule has 184 valence electrons. The second kappa shape index (κ2) is 10.1. The van der Waals surface area contributed by atoms with Gasteiger partial charge in [0, 0.05) is 69.7 Å². The van der Waals surface area contributed by atoms with Gasteiger partial charge in [-0.15, -0.1) is 0 Å². The van der Waals surface area contributed by atoms with E-state index in [1.807, 2.05) is 35.1 Å². The Morgan fingerprint density at radius 1 is 0.861 bits per heavy atom. The first-order valence-electron chi connectivity index (χ1n) is 12.9. The number of anilines is 1. The Morgan fingerprint density at radius 2 is 1.56 bits per heavy atom. The molecule has 2 aliphatic rings. The van der Waals surface area contributed by atoms with Crippen LogP contribution in [0, 0.1) is 5.92 Å². The predicted molar refractivity (Wildman–Crippen MR) is 142 cm³/mol. The van der Waals surface area contributed by atoms with Crippen LogP contribution in [0.5, 0.6) is 0 Å². The Morgan fingerprint density at radius 3 is 2.28 bits per heavy atom. The van der Waals surface area contributed by atoms with Crippen LogP contribution in [-0.4, -0.2) is 69.6 Å². The molecule has 0 bridgehead atoms. The summed E-state index contributed by atoms with van der Waals surface area (Å²) in [5, 5.41) is 4.76. The van der Waals surface area contributed by atoms with Crippen LogP contribution >= 0.6 is 0 Å². The average molecular weight is 481 g/mol. The smallest absolute Gasteiger partial charge is 0.225 e. The lowest BCUT2D eigenvalue weighted by molar-refractivity contribution is -0.138. The number of rotatable bonds is 5. The summed E-state index contributed by atoms with van der Waals surface area (Å²) in [6.07, 6.45) is 5.45. The predicted octanol–water partition coefficient (Wildman–Crippen LogP) is 3.96. The van der Waals surface area contributed by atoms with E-state index in [1.165, 1.54) is 5.56 Å². The molecule has 2 fully saturated rings. The van der Waals surface area contributed by atoms with Crippen LogP contribution in [-0.2, 0) is 11.3 Å². The van der Waals surface area contributed by atoms with Crippen molar-refractivity contribution in [3.05, 3.63) is 84.7 Å². The molecule has 4 aromatic rings. The van der Waals surface area contributed by atoms with Gasteiger partial charge < -0.3 is 9.80 Å². The maximum Gasteiger partial charge on any atom is 0.225 e. The number of nitrogens with zero attached hydrogens (tertiary/aromatic N) is 6. The van der Waals surface area contributed by atoms with Crippen molar-refractivity contribution < 1.29 is 4.79 Å². The molecule has 0 spiro atoms. The zero-order valence-electron chi connectivity index (χ0n) is 20.5. The maximum absolute atomic E-state index is 13.3. The second-order valence-corrected chi connectivity index (χ2v) is 9.82. The molecular formula is C29H32N6O. The number of fused-ring (bicyclic) bond motifs is 1. The number of hydrogen-bond donors (Lipinski definition) is 0. The lowest BCUT2D eigenvalue weighted by Crippen LogP contribution is -2.51. The van der Waals surface area contributed by atoms with Gasteiger partial charge in [-0.1, -0.05) is 60.7 Å². The highest BCUT2D eigenvalue weighted by Crippen LogP contribution is 2.29. The fraction of sp³-hybridized carbons (Fsp3) is 0.345. The molecule has 0 N–H and O–H groups in total. The molecule has 2 aliphatic heterocycles. The minimum absolute atomic E-state index is 0.103. The number of hydrogen-bond acceptors (Lipinski definition) is 5. The summed E-state index contributed by atoms with van der Waals surface area (Å²) in [6.45, 7) is 6.16. The normalized spacial score (nSPS) is 17.6. The lowest BCUT2D eigenvalue weighted by atomic mass is 9.95. The first kappa shape index (κ1) is 22.7. The van der Waals surface area contributed by atoms with E-state index in [0.717, 1.165) is 81.2 Å². The zero-order chi connectivity index (χ0) is 24.3. The summed E-state index contributed by atoms with van der Waals surface area (Å²) in [7, 11) is 0. The number of carbonyl (C=O) groups excluding carboxylic acids is 1. The molecule has 4 heterocycles. The van der Waals surface area contributed by atoms with Crippen molar-refractivity contribution in [2.45, 2.75) is 19.4 Å². The summed E-state index contributed by atoms with van der Waals surface area (Å²) < 4.78 is 1.91. The monoisotopic (exact) mass is 480 g/mol. The van der Waals surface area contributed by atoms with E-state index < -0.39 is 0 Å². The third kappa shape index (κ3) is 4.71. The molecule has 1 amide bonds. The van der Waals surface area contributed by atoms with Gasteiger partial charge in [-0.25, -0.2) is 9.50 Å². The quantitative estimate of drug-likeness (QED) is 0.433. The molecule has 2 saturated heterocycles. The minimum atomic E-state index is 0.103. The highest BCUT2D eigenvalue weighted by Gasteiger charge is 2.31. The van der Waals surface area contributed by atoms with Gasteiger partial charge in [0.15, 0.2) is 5.82 Å². The summed E-state index contributed by atoms with van der Waals surface area (Å²) in [5.74, 6) is 1.38. The molecule has 2 aromatic heterocycles. The van der Waals surface area contributed by atoms with Crippen molar-refractivity contribution in [3.8, 4) is 11.3 Å². The van der Waals surface area contributed by atoms with E-state index in [2.05, 4.69) is 63.2 Å². The fourth-order valence-electron chi connectivity index (χ4n) is 5.47. The van der Waals surface area contributed by atoms with Gasteiger partial charge in [0.1, 0.15) is 5.52 Å². The maximum atomic E-state index is 13.3. The Hall–Kier alpha value is -3.71. The molecule has 0 atom stereocenters. The SMILES string of the molecule is O=C(C1CCN(c2nccn3nc(-c4ccccc4)cc23)CC1)N1CCN(Cc2ccccc2)CC1. The van der Waals surface area contributed by atoms with E-state index in [0.29, 0.717) is 5.91 Å². The van der Waals surface area contributed by atoms with Crippen molar-refractivity contribution in [1.82, 2.24) is 24.4 Å². The zero-order valence-corrected chi connectivity index (χ0v) is 20.5. The number of aromatic nitrogens is 3. The number of piperazine rings is 1. The first-order chi connectivity index (χ1) is 17.7. The standard InChI is InChI=1S/C29H32N6O/c36-29(34-19-17-32(18-20-34)22-23-7-3-1-4-8-23)25-11-14-33(15-12-25)28-27-21-26(24-9-5-2-6-10-24)31-35(27)16-13-30-28/h1-10,13,16,21,25H,11-12,14-15,17-20,22H2. The van der Waals surface area contributed by atoms with Crippen molar-refractivity contribution in [1.29, 1.82) is 0 Å². The van der Waals surface area contributed by atoms with Crippen LogP contribution in [0.2, 0.25) is 0 Å². The van der Waals surface area contributed by atoms with Crippen LogP contribution in [0.25, 0.3) is 16.8 Å². The Kier molecular flexibility index (Phi) is 6.38. The number of amides is 1. The number of carbonyl (C=O) groups is 1. The Balaban J connectivity index is 1.06. The van der Waals surface area contributed by atoms with E-state index >= 15 is 0 Å². The Bertz CT molecular complexity index is 1310. The third-order valence-electron chi connectivity index (χ3n) is 7.52. The van der Waals surface area contributed by atoms with Gasteiger partial charge in [0.25, 0.3) is 0 Å². The highest BCUT2D eigenvalue weighted by atomic mass is 16.2. The summed E-state index contributed by atoms with van der Waals surface area (Å²) in [5.41, 5.74) is 4.39. The van der Waals surface area contributed by atoms with Crippen molar-refractivity contribution in [2.75, 3.05) is 44.2 Å². The van der Waals surface area contributed by atoms with Gasteiger partial charge in [-0.2, -0.15) is 5.10 Å². The van der Waals surface area contributed by atoms with Gasteiger partial charge in [-0.3, -0.25) is 9.69 Å². The van der Waals surface area contributed by atoms with Crippen LogP contribution in [0.1, 0.15) is 18.4 Å². The molecule has 7 nitrogen and oxygen atoms in total. The number of benzene rings is 2. The number of piperidine rings is 1. The molecular weight excluding hydrogens is 448 g/mol. The van der Waals surface area contributed by atoms with Gasteiger partial charge in [-0.05, 0) is 24.5 Å². The lowest BCUT2D eigenvalue weighted by Gasteiger charge is -2.39. The van der Waals surface area contributed by atoms with Gasteiger partial charge in [0.2, 0.25) is 5.91 Å². The molecule has 2 aromatic carbocycles.